The van der Waals surface area contributed by atoms with Gasteiger partial charge in [0.25, 0.3) is 0 Å². The number of nitrogens with zero attached hydrogens (tertiary/aromatic N) is 2. The maximum atomic E-state index is 14.3. The molecule has 1 fully saturated rings. The van der Waals surface area contributed by atoms with Crippen molar-refractivity contribution in [2.45, 2.75) is 38.8 Å². The minimum Gasteiger partial charge on any atom is -0.506 e. The summed E-state index contributed by atoms with van der Waals surface area (Å²) in [5, 5.41) is 25.6. The molecule has 0 unspecified atom stereocenters. The van der Waals surface area contributed by atoms with Gasteiger partial charge in [-0.3, -0.25) is 10.4 Å². The molecule has 0 atom stereocenters. The Bertz CT molecular complexity index is 1130. The van der Waals surface area contributed by atoms with E-state index in [1.54, 1.807) is 31.5 Å². The maximum absolute atomic E-state index is 14.3. The first-order valence-electron chi connectivity index (χ1n) is 11.0. The van der Waals surface area contributed by atoms with Gasteiger partial charge in [-0.05, 0) is 63.6 Å². The van der Waals surface area contributed by atoms with Crippen molar-refractivity contribution in [3.63, 3.8) is 0 Å². The highest BCUT2D eigenvalue weighted by Gasteiger charge is 2.36. The molecule has 8 N–H and O–H groups in total. The number of piperazine rings is 1. The number of benzene rings is 1. The molecule has 3 rings (SSSR count). The van der Waals surface area contributed by atoms with Gasteiger partial charge in [0.05, 0.1) is 11.4 Å². The first kappa shape index (κ1) is 25.0. The number of hydrogen-bond acceptors (Lipinski definition) is 7. The van der Waals surface area contributed by atoms with Crippen molar-refractivity contribution in [1.82, 2.24) is 15.5 Å². The van der Waals surface area contributed by atoms with Crippen LogP contribution in [0.1, 0.15) is 38.8 Å². The molecule has 9 heteroatoms. The topological polar surface area (TPSA) is 136 Å². The predicted octanol–water partition coefficient (Wildman–Crippen LogP) is 3.01. The molecule has 8 nitrogen and oxygen atoms in total. The Morgan fingerprint density at radius 3 is 2.44 bits per heavy atom. The molecule has 0 bridgehead atoms. The van der Waals surface area contributed by atoms with Crippen LogP contribution in [0.4, 0.5) is 10.1 Å². The van der Waals surface area contributed by atoms with Crippen molar-refractivity contribution in [2.24, 2.45) is 10.7 Å². The zero-order valence-electron chi connectivity index (χ0n) is 20.3. The van der Waals surface area contributed by atoms with E-state index < -0.39 is 5.82 Å². The number of allylic oxidation sites excluding steroid dienone is 3. The van der Waals surface area contributed by atoms with E-state index in [2.05, 4.69) is 43.3 Å². The molecular formula is C25H34FN7O. The Balaban J connectivity index is 1.79. The fourth-order valence-electron chi connectivity index (χ4n) is 4.47. The van der Waals surface area contributed by atoms with Crippen LogP contribution in [0.15, 0.2) is 58.7 Å². The lowest BCUT2D eigenvalue weighted by Crippen LogP contribution is -2.67. The molecule has 34 heavy (non-hydrogen) atoms. The van der Waals surface area contributed by atoms with Crippen molar-refractivity contribution in [3.05, 3.63) is 70.7 Å². The van der Waals surface area contributed by atoms with E-state index in [1.165, 1.54) is 18.4 Å². The minimum absolute atomic E-state index is 0.0144. The van der Waals surface area contributed by atoms with Crippen molar-refractivity contribution < 1.29 is 9.50 Å². The van der Waals surface area contributed by atoms with Crippen LogP contribution in [0.3, 0.4) is 0 Å². The zero-order chi connectivity index (χ0) is 25.3. The minimum atomic E-state index is -0.567. The van der Waals surface area contributed by atoms with Crippen molar-refractivity contribution in [3.8, 4) is 0 Å². The van der Waals surface area contributed by atoms with E-state index in [0.29, 0.717) is 41.3 Å². The number of rotatable bonds is 4. The van der Waals surface area contributed by atoms with Crippen molar-refractivity contribution >= 4 is 23.3 Å². The number of nitrogens with two attached hydrogens (primary N) is 2. The number of nitrogen functional groups attached to an aromatic ring is 1. The Morgan fingerprint density at radius 1 is 1.21 bits per heavy atom. The summed E-state index contributed by atoms with van der Waals surface area (Å²) in [7, 11) is 1.58. The standard InChI is InChI=1S/C25H34FN7O/c1-24(2)13-33(14-25(3,4)32-24)21(28)7-6-19(27)23-20(34)10-16(12-31-23)15-8-17(11-30-5)22(29)18(26)9-15/h6-12,28,31-32,34H,13-14,27,29H2,1-5H3. The summed E-state index contributed by atoms with van der Waals surface area (Å²) < 4.78 is 14.3. The number of halogens is 1. The number of dihydropyridines is 1. The van der Waals surface area contributed by atoms with Gasteiger partial charge in [-0.15, -0.1) is 0 Å². The third-order valence-corrected chi connectivity index (χ3v) is 5.58. The van der Waals surface area contributed by atoms with E-state index >= 15 is 0 Å². The van der Waals surface area contributed by atoms with Gasteiger partial charge in [-0.25, -0.2) is 4.39 Å². The molecule has 1 aromatic rings. The molecule has 1 aromatic carbocycles. The number of hydrogen-bond donors (Lipinski definition) is 6. The summed E-state index contributed by atoms with van der Waals surface area (Å²) in [5.41, 5.74) is 13.8. The van der Waals surface area contributed by atoms with E-state index in [-0.39, 0.29) is 28.2 Å². The molecule has 0 amide bonds. The van der Waals surface area contributed by atoms with Gasteiger partial charge in [-0.2, -0.15) is 0 Å². The Kier molecular flexibility index (Phi) is 6.88. The van der Waals surface area contributed by atoms with E-state index in [1.807, 2.05) is 4.90 Å². The Morgan fingerprint density at radius 2 is 1.85 bits per heavy atom. The number of anilines is 1. The number of aliphatic imine (C=N–C) groups is 1. The number of aliphatic hydroxyl groups is 1. The molecule has 182 valence electrons. The molecule has 0 aliphatic carbocycles. The summed E-state index contributed by atoms with van der Waals surface area (Å²) >= 11 is 0. The average Bonchev–Trinajstić information content (AvgIpc) is 2.72. The van der Waals surface area contributed by atoms with E-state index in [4.69, 9.17) is 16.9 Å². The summed E-state index contributed by atoms with van der Waals surface area (Å²) in [6, 6.07) is 2.99. The number of aliphatic hydroxyl groups excluding tert-OH is 1. The molecule has 0 saturated carbocycles. The lowest BCUT2D eigenvalue weighted by atomic mass is 9.91. The van der Waals surface area contributed by atoms with E-state index in [9.17, 15) is 9.50 Å². The van der Waals surface area contributed by atoms with Crippen LogP contribution in [-0.2, 0) is 0 Å². The predicted molar refractivity (Wildman–Crippen MR) is 137 cm³/mol. The molecule has 2 aliphatic rings. The molecule has 1 saturated heterocycles. The van der Waals surface area contributed by atoms with Crippen LogP contribution in [0.5, 0.6) is 0 Å². The van der Waals surface area contributed by atoms with Crippen LogP contribution in [0, 0.1) is 11.2 Å². The average molecular weight is 468 g/mol. The molecule has 2 aliphatic heterocycles. The second-order valence-electron chi connectivity index (χ2n) is 9.92. The summed E-state index contributed by atoms with van der Waals surface area (Å²) in [5.74, 6) is -0.328. The third-order valence-electron chi connectivity index (χ3n) is 5.58. The van der Waals surface area contributed by atoms with Crippen LogP contribution in [0.2, 0.25) is 0 Å². The zero-order valence-corrected chi connectivity index (χ0v) is 20.3. The fourth-order valence-corrected chi connectivity index (χ4v) is 4.47. The smallest absolute Gasteiger partial charge is 0.147 e. The van der Waals surface area contributed by atoms with Crippen molar-refractivity contribution in [1.29, 1.82) is 5.41 Å². The largest absolute Gasteiger partial charge is 0.506 e. The third kappa shape index (κ3) is 5.66. The quantitative estimate of drug-likeness (QED) is 0.229. The Hall–Kier alpha value is -3.59. The second kappa shape index (κ2) is 9.34. The van der Waals surface area contributed by atoms with Crippen LogP contribution in [-0.4, -0.2) is 53.3 Å². The summed E-state index contributed by atoms with van der Waals surface area (Å²) in [6.45, 7) is 9.81. The lowest BCUT2D eigenvalue weighted by molar-refractivity contribution is 0.128. The second-order valence-corrected chi connectivity index (χ2v) is 9.92. The molecule has 0 radical (unpaired) electrons. The van der Waals surface area contributed by atoms with Crippen LogP contribution >= 0.6 is 0 Å². The highest BCUT2D eigenvalue weighted by Crippen LogP contribution is 2.27. The van der Waals surface area contributed by atoms with Gasteiger partial charge >= 0.3 is 0 Å². The highest BCUT2D eigenvalue weighted by atomic mass is 19.1. The first-order valence-corrected chi connectivity index (χ1v) is 11.0. The molecular weight excluding hydrogens is 433 g/mol. The highest BCUT2D eigenvalue weighted by molar-refractivity contribution is 5.91. The Labute approximate surface area is 200 Å². The van der Waals surface area contributed by atoms with Gasteiger partial charge in [0, 0.05) is 54.8 Å². The normalized spacial score (nSPS) is 21.3. The lowest BCUT2D eigenvalue weighted by Gasteiger charge is -2.48. The van der Waals surface area contributed by atoms with Gasteiger partial charge in [0.1, 0.15) is 23.1 Å². The number of amidine groups is 1. The van der Waals surface area contributed by atoms with E-state index in [0.717, 1.165) is 0 Å². The van der Waals surface area contributed by atoms with Gasteiger partial charge in [0.2, 0.25) is 0 Å². The SMILES string of the molecule is CN=Cc1cc(C2=CNC(=C(N)C=CC(=N)N3CC(C)(C)NC(C)(C)C3)C(O)=C2)cc(F)c1N. The van der Waals surface area contributed by atoms with Crippen molar-refractivity contribution in [2.75, 3.05) is 25.9 Å². The first-order chi connectivity index (χ1) is 15.8. The number of nitrogens with one attached hydrogen (secondary N) is 3. The fraction of sp³-hybridized carbons (Fsp3) is 0.360. The van der Waals surface area contributed by atoms with Crippen LogP contribution in [0.25, 0.3) is 5.57 Å². The van der Waals surface area contributed by atoms with Crippen LogP contribution < -0.4 is 22.1 Å². The van der Waals surface area contributed by atoms with Gasteiger partial charge in [-0.1, -0.05) is 0 Å². The molecule has 0 spiro atoms. The molecule has 2 heterocycles. The summed E-state index contributed by atoms with van der Waals surface area (Å²) in [6.07, 6.45) is 7.82. The monoisotopic (exact) mass is 467 g/mol. The molecule has 0 aromatic heterocycles. The van der Waals surface area contributed by atoms with Gasteiger partial charge in [0.15, 0.2) is 0 Å². The van der Waals surface area contributed by atoms with Gasteiger partial charge < -0.3 is 32.1 Å². The summed E-state index contributed by atoms with van der Waals surface area (Å²) in [4.78, 5) is 5.90. The maximum Gasteiger partial charge on any atom is 0.147 e.